The Morgan fingerprint density at radius 2 is 1.81 bits per heavy atom. The molecule has 16 heavy (non-hydrogen) atoms. The molecule has 0 aromatic heterocycles. The van der Waals surface area contributed by atoms with Gasteiger partial charge in [0.2, 0.25) is 0 Å². The fraction of sp³-hybridized carbons (Fsp3) is 1.00. The van der Waals surface area contributed by atoms with Crippen LogP contribution in [0.5, 0.6) is 0 Å². The Labute approximate surface area is 101 Å². The van der Waals surface area contributed by atoms with E-state index in [1.165, 1.54) is 51.5 Å². The zero-order valence-electron chi connectivity index (χ0n) is 11.0. The molecule has 2 aliphatic rings. The van der Waals surface area contributed by atoms with Gasteiger partial charge >= 0.3 is 0 Å². The molecule has 2 N–H and O–H groups in total. The standard InChI is InChI=1S/C14H28N2/c1-11(12-8-9-12)16(2)10-13-6-4-3-5-7-14(13)15/h11-14H,3-10,15H2,1-2H3. The summed E-state index contributed by atoms with van der Waals surface area (Å²) in [7, 11) is 2.29. The van der Waals surface area contributed by atoms with E-state index in [0.717, 1.165) is 17.9 Å². The second-order valence-corrected chi connectivity index (χ2v) is 6.08. The highest BCUT2D eigenvalue weighted by atomic mass is 15.1. The molecule has 2 saturated carbocycles. The smallest absolute Gasteiger partial charge is 0.00922 e. The van der Waals surface area contributed by atoms with Crippen molar-refractivity contribution >= 4 is 0 Å². The quantitative estimate of drug-likeness (QED) is 0.744. The molecule has 0 aromatic carbocycles. The van der Waals surface area contributed by atoms with Gasteiger partial charge in [0.1, 0.15) is 0 Å². The molecular formula is C14H28N2. The summed E-state index contributed by atoms with van der Waals surface area (Å²) in [4.78, 5) is 2.56. The highest BCUT2D eigenvalue weighted by molar-refractivity contribution is 4.86. The van der Waals surface area contributed by atoms with Gasteiger partial charge < -0.3 is 10.6 Å². The third-order valence-corrected chi connectivity index (χ3v) is 4.74. The summed E-state index contributed by atoms with van der Waals surface area (Å²) in [5.41, 5.74) is 6.29. The number of hydrogen-bond acceptors (Lipinski definition) is 2. The van der Waals surface area contributed by atoms with Gasteiger partial charge in [0.05, 0.1) is 0 Å². The Hall–Kier alpha value is -0.0800. The second-order valence-electron chi connectivity index (χ2n) is 6.08. The van der Waals surface area contributed by atoms with E-state index in [4.69, 9.17) is 5.73 Å². The average Bonchev–Trinajstić information content (AvgIpc) is 3.07. The first kappa shape index (κ1) is 12.4. The van der Waals surface area contributed by atoms with Crippen molar-refractivity contribution in [1.29, 1.82) is 0 Å². The Kier molecular flexibility index (Phi) is 4.26. The monoisotopic (exact) mass is 224 g/mol. The summed E-state index contributed by atoms with van der Waals surface area (Å²) in [6.45, 7) is 3.61. The number of hydrogen-bond donors (Lipinski definition) is 1. The summed E-state index contributed by atoms with van der Waals surface area (Å²) >= 11 is 0. The van der Waals surface area contributed by atoms with Gasteiger partial charge in [0, 0.05) is 18.6 Å². The van der Waals surface area contributed by atoms with Crippen LogP contribution in [0.3, 0.4) is 0 Å². The van der Waals surface area contributed by atoms with Crippen molar-refractivity contribution in [3.05, 3.63) is 0 Å². The third-order valence-electron chi connectivity index (χ3n) is 4.74. The van der Waals surface area contributed by atoms with Crippen molar-refractivity contribution in [3.8, 4) is 0 Å². The first-order chi connectivity index (χ1) is 7.68. The van der Waals surface area contributed by atoms with Gasteiger partial charge in [0.15, 0.2) is 0 Å². The summed E-state index contributed by atoms with van der Waals surface area (Å²) < 4.78 is 0. The molecule has 0 spiro atoms. The van der Waals surface area contributed by atoms with Crippen LogP contribution in [0.4, 0.5) is 0 Å². The molecule has 0 aromatic rings. The lowest BCUT2D eigenvalue weighted by Gasteiger charge is -2.31. The summed E-state index contributed by atoms with van der Waals surface area (Å²) in [6.07, 6.45) is 9.62. The summed E-state index contributed by atoms with van der Waals surface area (Å²) in [5.74, 6) is 1.72. The molecule has 0 heterocycles. The normalized spacial score (nSPS) is 33.8. The van der Waals surface area contributed by atoms with E-state index in [1.54, 1.807) is 0 Å². The molecule has 94 valence electrons. The van der Waals surface area contributed by atoms with E-state index >= 15 is 0 Å². The Balaban J connectivity index is 1.81. The molecule has 0 saturated heterocycles. The topological polar surface area (TPSA) is 29.3 Å². The Bertz CT molecular complexity index is 213. The maximum absolute atomic E-state index is 6.29. The van der Waals surface area contributed by atoms with Gasteiger partial charge in [0.25, 0.3) is 0 Å². The van der Waals surface area contributed by atoms with Crippen molar-refractivity contribution in [1.82, 2.24) is 4.90 Å². The number of nitrogens with two attached hydrogens (primary N) is 1. The molecule has 3 unspecified atom stereocenters. The van der Waals surface area contributed by atoms with Crippen molar-refractivity contribution in [3.63, 3.8) is 0 Å². The Morgan fingerprint density at radius 3 is 2.50 bits per heavy atom. The first-order valence-corrected chi connectivity index (χ1v) is 7.14. The molecular weight excluding hydrogens is 196 g/mol. The third kappa shape index (κ3) is 3.21. The van der Waals surface area contributed by atoms with Gasteiger partial charge in [-0.25, -0.2) is 0 Å². The van der Waals surface area contributed by atoms with Crippen LogP contribution in [-0.4, -0.2) is 30.6 Å². The van der Waals surface area contributed by atoms with E-state index < -0.39 is 0 Å². The molecule has 0 bridgehead atoms. The molecule has 2 heteroatoms. The zero-order valence-corrected chi connectivity index (χ0v) is 11.0. The van der Waals surface area contributed by atoms with Crippen molar-refractivity contribution in [2.24, 2.45) is 17.6 Å². The maximum Gasteiger partial charge on any atom is 0.00922 e. The van der Waals surface area contributed by atoms with Crippen molar-refractivity contribution in [2.75, 3.05) is 13.6 Å². The minimum Gasteiger partial charge on any atom is -0.327 e. The van der Waals surface area contributed by atoms with Crippen LogP contribution < -0.4 is 5.73 Å². The van der Waals surface area contributed by atoms with Crippen molar-refractivity contribution in [2.45, 2.75) is 64.0 Å². The first-order valence-electron chi connectivity index (χ1n) is 7.14. The van der Waals surface area contributed by atoms with Crippen LogP contribution in [0, 0.1) is 11.8 Å². The fourth-order valence-electron chi connectivity index (χ4n) is 3.11. The van der Waals surface area contributed by atoms with Gasteiger partial charge in [-0.2, -0.15) is 0 Å². The van der Waals surface area contributed by atoms with E-state index in [9.17, 15) is 0 Å². The number of rotatable bonds is 4. The highest BCUT2D eigenvalue weighted by Crippen LogP contribution is 2.35. The van der Waals surface area contributed by atoms with E-state index in [1.807, 2.05) is 0 Å². The highest BCUT2D eigenvalue weighted by Gasteiger charge is 2.32. The van der Waals surface area contributed by atoms with Gasteiger partial charge in [-0.1, -0.05) is 19.3 Å². The summed E-state index contributed by atoms with van der Waals surface area (Å²) in [5, 5.41) is 0. The molecule has 0 radical (unpaired) electrons. The fourth-order valence-corrected chi connectivity index (χ4v) is 3.11. The van der Waals surface area contributed by atoms with E-state index in [2.05, 4.69) is 18.9 Å². The Morgan fingerprint density at radius 1 is 1.12 bits per heavy atom. The van der Waals surface area contributed by atoms with Crippen LogP contribution in [0.15, 0.2) is 0 Å². The second kappa shape index (κ2) is 5.50. The van der Waals surface area contributed by atoms with Crippen LogP contribution in [0.1, 0.15) is 51.9 Å². The molecule has 2 fully saturated rings. The molecule has 3 atom stereocenters. The lowest BCUT2D eigenvalue weighted by Crippen LogP contribution is -2.41. The lowest BCUT2D eigenvalue weighted by atomic mass is 9.94. The van der Waals surface area contributed by atoms with Gasteiger partial charge in [-0.15, -0.1) is 0 Å². The minimum absolute atomic E-state index is 0.455. The van der Waals surface area contributed by atoms with Gasteiger partial charge in [-0.05, 0) is 51.5 Å². The lowest BCUT2D eigenvalue weighted by molar-refractivity contribution is 0.181. The summed E-state index contributed by atoms with van der Waals surface area (Å²) in [6, 6.07) is 1.23. The molecule has 2 rings (SSSR count). The largest absolute Gasteiger partial charge is 0.327 e. The van der Waals surface area contributed by atoms with E-state index in [0.29, 0.717) is 6.04 Å². The molecule has 2 nitrogen and oxygen atoms in total. The van der Waals surface area contributed by atoms with Crippen LogP contribution in [-0.2, 0) is 0 Å². The average molecular weight is 224 g/mol. The van der Waals surface area contributed by atoms with Crippen molar-refractivity contribution < 1.29 is 0 Å². The van der Waals surface area contributed by atoms with E-state index in [-0.39, 0.29) is 0 Å². The minimum atomic E-state index is 0.455. The SMILES string of the molecule is CC(C1CC1)N(C)CC1CCCCCC1N. The molecule has 0 aliphatic heterocycles. The predicted octanol–water partition coefficient (Wildman–Crippen LogP) is 2.62. The van der Waals surface area contributed by atoms with Gasteiger partial charge in [-0.3, -0.25) is 0 Å². The number of nitrogens with zero attached hydrogens (tertiary/aromatic N) is 1. The predicted molar refractivity (Wildman–Crippen MR) is 69.4 cm³/mol. The molecule has 0 amide bonds. The van der Waals surface area contributed by atoms with Crippen LogP contribution in [0.2, 0.25) is 0 Å². The van der Waals surface area contributed by atoms with Crippen LogP contribution >= 0.6 is 0 Å². The maximum atomic E-state index is 6.29. The van der Waals surface area contributed by atoms with Crippen LogP contribution in [0.25, 0.3) is 0 Å². The molecule has 2 aliphatic carbocycles. The zero-order chi connectivity index (χ0) is 11.5.